The predicted octanol–water partition coefficient (Wildman–Crippen LogP) is 2.50. The van der Waals surface area contributed by atoms with E-state index in [1.54, 1.807) is 0 Å². The van der Waals surface area contributed by atoms with Gasteiger partial charge in [-0.05, 0) is 12.0 Å². The monoisotopic (exact) mass is 166 g/mol. The van der Waals surface area contributed by atoms with Crippen LogP contribution < -0.4 is 0 Å². The van der Waals surface area contributed by atoms with Crippen molar-refractivity contribution in [2.24, 2.45) is 0 Å². The van der Waals surface area contributed by atoms with Crippen molar-refractivity contribution in [2.75, 3.05) is 0 Å². The van der Waals surface area contributed by atoms with Crippen molar-refractivity contribution in [1.29, 1.82) is 0 Å². The fourth-order valence-corrected chi connectivity index (χ4v) is 1.13. The molecule has 1 aromatic carbocycles. The maximum Gasteiger partial charge on any atom is 0.0964 e. The van der Waals surface area contributed by atoms with Gasteiger partial charge in [-0.3, -0.25) is 5.26 Å². The minimum atomic E-state index is -0.0765. The molecule has 66 valence electrons. The van der Waals surface area contributed by atoms with Gasteiger partial charge < -0.3 is 0 Å². The molecule has 1 aromatic rings. The fraction of sp³-hybridized carbons (Fsp3) is 0.400. The molecule has 0 aliphatic rings. The number of hydrogen-bond acceptors (Lipinski definition) is 2. The van der Waals surface area contributed by atoms with E-state index < -0.39 is 0 Å². The van der Waals surface area contributed by atoms with Crippen LogP contribution in [0.15, 0.2) is 30.3 Å². The Hall–Kier alpha value is -0.860. The second-order valence-corrected chi connectivity index (χ2v) is 2.83. The first-order valence-electron chi connectivity index (χ1n) is 4.21. The zero-order valence-electron chi connectivity index (χ0n) is 7.23. The van der Waals surface area contributed by atoms with E-state index in [2.05, 4.69) is 4.89 Å². The van der Waals surface area contributed by atoms with Crippen LogP contribution in [-0.4, -0.2) is 11.4 Å². The van der Waals surface area contributed by atoms with Gasteiger partial charge in [0.1, 0.15) is 0 Å². The van der Waals surface area contributed by atoms with Gasteiger partial charge in [-0.1, -0.05) is 37.3 Å². The molecule has 0 bridgehead atoms. The van der Waals surface area contributed by atoms with Crippen LogP contribution in [-0.2, 0) is 11.3 Å². The summed E-state index contributed by atoms with van der Waals surface area (Å²) in [6.07, 6.45) is 1.52. The minimum Gasteiger partial charge on any atom is -0.252 e. The second kappa shape index (κ2) is 4.91. The molecule has 0 spiro atoms. The Labute approximate surface area is 72.7 Å². The van der Waals surface area contributed by atoms with Gasteiger partial charge in [-0.15, -0.1) is 0 Å². The topological polar surface area (TPSA) is 29.5 Å². The fourth-order valence-electron chi connectivity index (χ4n) is 1.13. The summed E-state index contributed by atoms with van der Waals surface area (Å²) in [5.41, 5.74) is 1.19. The van der Waals surface area contributed by atoms with Gasteiger partial charge in [0.2, 0.25) is 0 Å². The molecule has 0 aliphatic carbocycles. The van der Waals surface area contributed by atoms with Gasteiger partial charge >= 0.3 is 0 Å². The highest BCUT2D eigenvalue weighted by molar-refractivity contribution is 5.15. The third kappa shape index (κ3) is 2.64. The van der Waals surface area contributed by atoms with Crippen LogP contribution in [0.1, 0.15) is 18.9 Å². The summed E-state index contributed by atoms with van der Waals surface area (Å²) >= 11 is 0. The molecule has 0 heterocycles. The summed E-state index contributed by atoms with van der Waals surface area (Å²) in [5.74, 6) is 0. The third-order valence-electron chi connectivity index (χ3n) is 1.91. The highest BCUT2D eigenvalue weighted by atomic mass is 17.1. The minimum absolute atomic E-state index is 0.0765. The molecule has 0 saturated carbocycles. The quantitative estimate of drug-likeness (QED) is 0.550. The van der Waals surface area contributed by atoms with Crippen molar-refractivity contribution >= 4 is 0 Å². The molecular formula is C10H14O2. The number of hydrogen-bond donors (Lipinski definition) is 1. The largest absolute Gasteiger partial charge is 0.252 e. The predicted molar refractivity (Wildman–Crippen MR) is 47.9 cm³/mol. The summed E-state index contributed by atoms with van der Waals surface area (Å²) in [5, 5.41) is 8.49. The van der Waals surface area contributed by atoms with Crippen LogP contribution in [0.25, 0.3) is 0 Å². The Morgan fingerprint density at radius 3 is 2.50 bits per heavy atom. The molecule has 0 saturated heterocycles. The van der Waals surface area contributed by atoms with Crippen molar-refractivity contribution in [2.45, 2.75) is 25.9 Å². The van der Waals surface area contributed by atoms with Crippen molar-refractivity contribution < 1.29 is 10.1 Å². The molecule has 1 rings (SSSR count). The molecule has 0 aromatic heterocycles. The van der Waals surface area contributed by atoms with Gasteiger partial charge in [-0.2, -0.15) is 0 Å². The molecule has 0 aliphatic heterocycles. The van der Waals surface area contributed by atoms with E-state index in [0.29, 0.717) is 0 Å². The Kier molecular flexibility index (Phi) is 3.77. The van der Waals surface area contributed by atoms with E-state index in [0.717, 1.165) is 12.8 Å². The summed E-state index contributed by atoms with van der Waals surface area (Å²) in [7, 11) is 0. The van der Waals surface area contributed by atoms with Gasteiger partial charge in [0.05, 0.1) is 6.10 Å². The standard InChI is InChI=1S/C10H14O2/c1-2-10(12-11)8-9-6-4-3-5-7-9/h3-7,10-11H,2,8H2,1H3. The number of rotatable bonds is 4. The zero-order chi connectivity index (χ0) is 8.81. The molecule has 0 fully saturated rings. The molecule has 0 amide bonds. The van der Waals surface area contributed by atoms with E-state index in [9.17, 15) is 0 Å². The van der Waals surface area contributed by atoms with Gasteiger partial charge in [0, 0.05) is 6.42 Å². The summed E-state index contributed by atoms with van der Waals surface area (Å²) in [6.45, 7) is 1.99. The molecule has 2 heteroatoms. The Bertz CT molecular complexity index is 204. The molecular weight excluding hydrogens is 152 g/mol. The van der Waals surface area contributed by atoms with Crippen LogP contribution in [0, 0.1) is 0 Å². The molecule has 1 unspecified atom stereocenters. The first kappa shape index (κ1) is 9.23. The highest BCUT2D eigenvalue weighted by Crippen LogP contribution is 2.07. The van der Waals surface area contributed by atoms with Crippen LogP contribution in [0.5, 0.6) is 0 Å². The van der Waals surface area contributed by atoms with Crippen LogP contribution in [0.3, 0.4) is 0 Å². The second-order valence-electron chi connectivity index (χ2n) is 2.83. The van der Waals surface area contributed by atoms with Gasteiger partial charge in [-0.25, -0.2) is 4.89 Å². The summed E-state index contributed by atoms with van der Waals surface area (Å²) < 4.78 is 0. The molecule has 1 atom stereocenters. The maximum atomic E-state index is 8.49. The Balaban J connectivity index is 2.51. The van der Waals surface area contributed by atoms with Crippen molar-refractivity contribution in [3.8, 4) is 0 Å². The van der Waals surface area contributed by atoms with E-state index in [4.69, 9.17) is 5.26 Å². The lowest BCUT2D eigenvalue weighted by atomic mass is 10.1. The lowest BCUT2D eigenvalue weighted by molar-refractivity contribution is -0.278. The number of benzene rings is 1. The Morgan fingerprint density at radius 2 is 2.00 bits per heavy atom. The molecule has 1 N–H and O–H groups in total. The average Bonchev–Trinajstić information content (AvgIpc) is 2.16. The average molecular weight is 166 g/mol. The summed E-state index contributed by atoms with van der Waals surface area (Å²) in [4.78, 5) is 4.30. The molecule has 2 nitrogen and oxygen atoms in total. The van der Waals surface area contributed by atoms with E-state index in [-0.39, 0.29) is 6.10 Å². The lowest BCUT2D eigenvalue weighted by Crippen LogP contribution is -2.12. The summed E-state index contributed by atoms with van der Waals surface area (Å²) in [6, 6.07) is 10.0. The first-order valence-corrected chi connectivity index (χ1v) is 4.21. The van der Waals surface area contributed by atoms with Crippen molar-refractivity contribution in [1.82, 2.24) is 0 Å². The highest BCUT2D eigenvalue weighted by Gasteiger charge is 2.05. The lowest BCUT2D eigenvalue weighted by Gasteiger charge is -2.09. The molecule has 12 heavy (non-hydrogen) atoms. The van der Waals surface area contributed by atoms with E-state index in [1.807, 2.05) is 37.3 Å². The molecule has 0 radical (unpaired) electrons. The van der Waals surface area contributed by atoms with Crippen LogP contribution in [0.4, 0.5) is 0 Å². The SMILES string of the molecule is CCC(Cc1ccccc1)OO. The first-order chi connectivity index (χ1) is 5.86. The van der Waals surface area contributed by atoms with Gasteiger partial charge in [0.15, 0.2) is 0 Å². The normalized spacial score (nSPS) is 12.8. The van der Waals surface area contributed by atoms with Crippen molar-refractivity contribution in [3.63, 3.8) is 0 Å². The smallest absolute Gasteiger partial charge is 0.0964 e. The van der Waals surface area contributed by atoms with Crippen LogP contribution >= 0.6 is 0 Å². The zero-order valence-corrected chi connectivity index (χ0v) is 7.23. The van der Waals surface area contributed by atoms with Crippen LogP contribution in [0.2, 0.25) is 0 Å². The maximum absolute atomic E-state index is 8.49. The van der Waals surface area contributed by atoms with E-state index in [1.165, 1.54) is 5.56 Å². The third-order valence-corrected chi connectivity index (χ3v) is 1.91. The van der Waals surface area contributed by atoms with Gasteiger partial charge in [0.25, 0.3) is 0 Å². The Morgan fingerprint density at radius 1 is 1.33 bits per heavy atom. The van der Waals surface area contributed by atoms with E-state index >= 15 is 0 Å². The van der Waals surface area contributed by atoms with Crippen molar-refractivity contribution in [3.05, 3.63) is 35.9 Å².